The van der Waals surface area contributed by atoms with Crippen LogP contribution in [-0.4, -0.2) is 56.7 Å². The average molecular weight is 373 g/mol. The van der Waals surface area contributed by atoms with Crippen LogP contribution in [0.15, 0.2) is 28.1 Å². The number of hydrogen-bond acceptors (Lipinski definition) is 8. The SMILES string of the molecule is CSc1nc(N2CCCC2)c2cnn(CCNC(=O)c3ccno3)c2n1. The molecule has 3 aromatic rings. The number of aromatic nitrogens is 5. The molecule has 1 aliphatic heterocycles. The summed E-state index contributed by atoms with van der Waals surface area (Å²) in [5.74, 6) is 0.851. The van der Waals surface area contributed by atoms with Crippen LogP contribution in [-0.2, 0) is 6.54 Å². The number of carbonyl (C=O) groups is 1. The molecule has 0 unspecified atom stereocenters. The summed E-state index contributed by atoms with van der Waals surface area (Å²) < 4.78 is 6.65. The normalized spacial score (nSPS) is 14.3. The van der Waals surface area contributed by atoms with Crippen molar-refractivity contribution < 1.29 is 9.32 Å². The first-order chi connectivity index (χ1) is 12.8. The molecule has 1 N–H and O–H groups in total. The van der Waals surface area contributed by atoms with Crippen molar-refractivity contribution in [2.24, 2.45) is 0 Å². The van der Waals surface area contributed by atoms with Crippen LogP contribution in [0.4, 0.5) is 5.82 Å². The number of amides is 1. The van der Waals surface area contributed by atoms with E-state index in [1.807, 2.05) is 12.5 Å². The fourth-order valence-corrected chi connectivity index (χ4v) is 3.40. The van der Waals surface area contributed by atoms with E-state index in [0.717, 1.165) is 35.1 Å². The van der Waals surface area contributed by atoms with Crippen LogP contribution in [0.1, 0.15) is 23.4 Å². The molecular formula is C16H19N7O2S. The summed E-state index contributed by atoms with van der Waals surface area (Å²) in [6.45, 7) is 2.94. The minimum Gasteiger partial charge on any atom is -0.356 e. The average Bonchev–Trinajstić information content (AvgIpc) is 3.41. The van der Waals surface area contributed by atoms with Gasteiger partial charge in [-0.05, 0) is 19.1 Å². The van der Waals surface area contributed by atoms with Gasteiger partial charge in [0, 0.05) is 25.7 Å². The highest BCUT2D eigenvalue weighted by Gasteiger charge is 2.20. The third-order valence-corrected chi connectivity index (χ3v) is 4.86. The van der Waals surface area contributed by atoms with Crippen LogP contribution in [0.2, 0.25) is 0 Å². The zero-order valence-corrected chi connectivity index (χ0v) is 15.2. The van der Waals surface area contributed by atoms with Gasteiger partial charge in [-0.15, -0.1) is 0 Å². The van der Waals surface area contributed by atoms with Gasteiger partial charge in [0.1, 0.15) is 5.82 Å². The van der Waals surface area contributed by atoms with Crippen LogP contribution in [0.3, 0.4) is 0 Å². The Bertz CT molecular complexity index is 903. The van der Waals surface area contributed by atoms with Gasteiger partial charge in [-0.1, -0.05) is 16.9 Å². The van der Waals surface area contributed by atoms with Gasteiger partial charge in [0.2, 0.25) is 5.76 Å². The lowest BCUT2D eigenvalue weighted by molar-refractivity contribution is 0.0915. The largest absolute Gasteiger partial charge is 0.356 e. The quantitative estimate of drug-likeness (QED) is 0.513. The molecule has 0 aromatic carbocycles. The van der Waals surface area contributed by atoms with Crippen molar-refractivity contribution in [1.82, 2.24) is 30.2 Å². The lowest BCUT2D eigenvalue weighted by atomic mass is 10.3. The van der Waals surface area contributed by atoms with Gasteiger partial charge in [0.05, 0.1) is 24.3 Å². The van der Waals surface area contributed by atoms with Crippen molar-refractivity contribution in [3.63, 3.8) is 0 Å². The monoisotopic (exact) mass is 373 g/mol. The van der Waals surface area contributed by atoms with Gasteiger partial charge in [-0.3, -0.25) is 4.79 Å². The van der Waals surface area contributed by atoms with Crippen LogP contribution in [0.5, 0.6) is 0 Å². The standard InChI is InChI=1S/C16H19N7O2S/c1-26-16-20-13(22-7-2-3-8-22)11-10-18-23(14(11)21-16)9-6-17-15(24)12-4-5-19-25-12/h4-5,10H,2-3,6-9H2,1H3,(H,17,24). The Morgan fingerprint density at radius 2 is 2.19 bits per heavy atom. The van der Waals surface area contributed by atoms with Crippen LogP contribution in [0.25, 0.3) is 11.0 Å². The zero-order chi connectivity index (χ0) is 17.9. The molecule has 1 fully saturated rings. The summed E-state index contributed by atoms with van der Waals surface area (Å²) in [7, 11) is 0. The molecule has 4 rings (SSSR count). The summed E-state index contributed by atoms with van der Waals surface area (Å²) in [5, 5.41) is 12.5. The van der Waals surface area contributed by atoms with Gasteiger partial charge in [0.25, 0.3) is 5.91 Å². The highest BCUT2D eigenvalue weighted by atomic mass is 32.2. The van der Waals surface area contributed by atoms with E-state index in [4.69, 9.17) is 9.51 Å². The number of rotatable bonds is 6. The molecule has 4 heterocycles. The highest BCUT2D eigenvalue weighted by molar-refractivity contribution is 7.98. The predicted octanol–water partition coefficient (Wildman–Crippen LogP) is 1.57. The summed E-state index contributed by atoms with van der Waals surface area (Å²) in [5.41, 5.74) is 0.792. The molecule has 1 amide bonds. The summed E-state index contributed by atoms with van der Waals surface area (Å²) in [4.78, 5) is 23.5. The second-order valence-electron chi connectivity index (χ2n) is 5.97. The molecule has 0 radical (unpaired) electrons. The number of nitrogens with zero attached hydrogens (tertiary/aromatic N) is 6. The first-order valence-corrected chi connectivity index (χ1v) is 9.70. The number of carbonyl (C=O) groups excluding carboxylic acids is 1. The molecule has 1 aliphatic rings. The Morgan fingerprint density at radius 3 is 2.92 bits per heavy atom. The van der Waals surface area contributed by atoms with Gasteiger partial charge in [-0.25, -0.2) is 14.6 Å². The van der Waals surface area contributed by atoms with Crippen molar-refractivity contribution >= 4 is 34.5 Å². The van der Waals surface area contributed by atoms with E-state index in [2.05, 4.69) is 25.5 Å². The Balaban J connectivity index is 1.54. The third-order valence-electron chi connectivity index (χ3n) is 4.31. The molecule has 1 saturated heterocycles. The van der Waals surface area contributed by atoms with Gasteiger partial charge in [0.15, 0.2) is 10.8 Å². The maximum absolute atomic E-state index is 11.9. The Kier molecular flexibility index (Phi) is 4.74. The van der Waals surface area contributed by atoms with E-state index in [1.54, 1.807) is 4.68 Å². The number of anilines is 1. The first kappa shape index (κ1) is 16.8. The highest BCUT2D eigenvalue weighted by Crippen LogP contribution is 2.28. The third kappa shape index (κ3) is 3.24. The molecule has 9 nitrogen and oxygen atoms in total. The second kappa shape index (κ2) is 7.32. The molecular weight excluding hydrogens is 354 g/mol. The van der Waals surface area contributed by atoms with E-state index >= 15 is 0 Å². The number of nitrogens with one attached hydrogen (secondary N) is 1. The van der Waals surface area contributed by atoms with Crippen LogP contribution >= 0.6 is 11.8 Å². The van der Waals surface area contributed by atoms with Crippen molar-refractivity contribution in [1.29, 1.82) is 0 Å². The number of thioether (sulfide) groups is 1. The van der Waals surface area contributed by atoms with Crippen LogP contribution < -0.4 is 10.2 Å². The maximum atomic E-state index is 11.9. The molecule has 0 spiro atoms. The molecule has 26 heavy (non-hydrogen) atoms. The van der Waals surface area contributed by atoms with Gasteiger partial charge >= 0.3 is 0 Å². The molecule has 3 aromatic heterocycles. The van der Waals surface area contributed by atoms with Crippen LogP contribution in [0, 0.1) is 0 Å². The van der Waals surface area contributed by atoms with Crippen molar-refractivity contribution in [2.45, 2.75) is 24.5 Å². The molecule has 0 aliphatic carbocycles. The molecule has 0 saturated carbocycles. The lowest BCUT2D eigenvalue weighted by Gasteiger charge is -2.17. The topological polar surface area (TPSA) is 102 Å². The minimum atomic E-state index is -0.295. The van der Waals surface area contributed by atoms with Crippen molar-refractivity contribution in [3.05, 3.63) is 24.2 Å². The fraction of sp³-hybridized carbons (Fsp3) is 0.438. The zero-order valence-electron chi connectivity index (χ0n) is 14.4. The number of fused-ring (bicyclic) bond motifs is 1. The number of hydrogen-bond donors (Lipinski definition) is 1. The summed E-state index contributed by atoms with van der Waals surface area (Å²) >= 11 is 1.52. The van der Waals surface area contributed by atoms with Gasteiger partial charge in [-0.2, -0.15) is 5.10 Å². The molecule has 0 bridgehead atoms. The fourth-order valence-electron chi connectivity index (χ4n) is 3.04. The molecule has 0 atom stereocenters. The van der Waals surface area contributed by atoms with E-state index in [1.165, 1.54) is 36.9 Å². The smallest absolute Gasteiger partial charge is 0.289 e. The van der Waals surface area contributed by atoms with Crippen molar-refractivity contribution in [2.75, 3.05) is 30.8 Å². The van der Waals surface area contributed by atoms with E-state index in [9.17, 15) is 4.79 Å². The van der Waals surface area contributed by atoms with E-state index in [-0.39, 0.29) is 11.7 Å². The Hall–Kier alpha value is -2.62. The summed E-state index contributed by atoms with van der Waals surface area (Å²) in [6, 6.07) is 1.53. The maximum Gasteiger partial charge on any atom is 0.289 e. The van der Waals surface area contributed by atoms with E-state index in [0.29, 0.717) is 13.1 Å². The first-order valence-electron chi connectivity index (χ1n) is 8.47. The molecule has 136 valence electrons. The Labute approximate surface area is 154 Å². The lowest BCUT2D eigenvalue weighted by Crippen LogP contribution is -2.27. The minimum absolute atomic E-state index is 0.193. The molecule has 10 heteroatoms. The van der Waals surface area contributed by atoms with E-state index < -0.39 is 0 Å². The van der Waals surface area contributed by atoms with Gasteiger partial charge < -0.3 is 14.7 Å². The van der Waals surface area contributed by atoms with Crippen molar-refractivity contribution in [3.8, 4) is 0 Å². The summed E-state index contributed by atoms with van der Waals surface area (Å²) in [6.07, 6.45) is 7.58. The Morgan fingerprint density at radius 1 is 1.35 bits per heavy atom. The predicted molar refractivity (Wildman–Crippen MR) is 97.4 cm³/mol. The second-order valence-corrected chi connectivity index (χ2v) is 6.74.